The Kier molecular flexibility index (Phi) is 7.25. The summed E-state index contributed by atoms with van der Waals surface area (Å²) in [5.41, 5.74) is -0.177. The minimum absolute atomic E-state index is 0.103. The second-order valence-corrected chi connectivity index (χ2v) is 9.24. The first kappa shape index (κ1) is 24.5. The molecule has 0 aromatic heterocycles. The van der Waals surface area contributed by atoms with Crippen molar-refractivity contribution in [2.24, 2.45) is 5.92 Å². The van der Waals surface area contributed by atoms with Crippen LogP contribution < -0.4 is 10.1 Å². The molecule has 0 aliphatic carbocycles. The number of piperidine rings is 1. The molecule has 0 unspecified atom stereocenters. The zero-order valence-electron chi connectivity index (χ0n) is 19.4. The standard InChI is InChI=1S/C25H30F2N2O4/c1-24(2,3)33-23(31)29-15-13-17(14-16-29)22(30)28-20-7-5-6-8-21(20)32-19-11-9-18(10-12-19)25(4,26)27/h5-12,17H,13-16H2,1-4H3,(H,28,30). The normalized spacial score (nSPS) is 15.2. The third-order valence-corrected chi connectivity index (χ3v) is 5.25. The largest absolute Gasteiger partial charge is 0.455 e. The molecule has 178 valence electrons. The van der Waals surface area contributed by atoms with Crippen molar-refractivity contribution in [3.63, 3.8) is 0 Å². The van der Waals surface area contributed by atoms with Gasteiger partial charge in [0.2, 0.25) is 5.91 Å². The molecule has 1 saturated heterocycles. The molecule has 0 spiro atoms. The lowest BCUT2D eigenvalue weighted by atomic mass is 9.96. The van der Waals surface area contributed by atoms with E-state index in [2.05, 4.69) is 5.32 Å². The van der Waals surface area contributed by atoms with Crippen LogP contribution in [0.15, 0.2) is 48.5 Å². The number of carbonyl (C=O) groups is 2. The van der Waals surface area contributed by atoms with Crippen molar-refractivity contribution in [3.8, 4) is 11.5 Å². The Labute approximate surface area is 192 Å². The molecule has 0 atom stereocenters. The van der Waals surface area contributed by atoms with Crippen molar-refractivity contribution in [1.29, 1.82) is 0 Å². The molecule has 6 nitrogen and oxygen atoms in total. The van der Waals surface area contributed by atoms with Gasteiger partial charge >= 0.3 is 6.09 Å². The second-order valence-electron chi connectivity index (χ2n) is 9.24. The molecule has 1 heterocycles. The van der Waals surface area contributed by atoms with Gasteiger partial charge in [-0.1, -0.05) is 12.1 Å². The van der Waals surface area contributed by atoms with Crippen LogP contribution in [0.1, 0.15) is 46.1 Å². The Morgan fingerprint density at radius 2 is 1.58 bits per heavy atom. The van der Waals surface area contributed by atoms with Crippen LogP contribution in [-0.2, 0) is 15.5 Å². The first-order valence-electron chi connectivity index (χ1n) is 11.0. The fourth-order valence-electron chi connectivity index (χ4n) is 3.49. The number of benzene rings is 2. The monoisotopic (exact) mass is 460 g/mol. The van der Waals surface area contributed by atoms with Gasteiger partial charge in [0, 0.05) is 31.5 Å². The zero-order valence-corrected chi connectivity index (χ0v) is 19.4. The SMILES string of the molecule is CC(C)(C)OC(=O)N1CCC(C(=O)Nc2ccccc2Oc2ccc(C(C)(F)F)cc2)CC1. The van der Waals surface area contributed by atoms with Crippen molar-refractivity contribution >= 4 is 17.7 Å². The summed E-state index contributed by atoms with van der Waals surface area (Å²) in [4.78, 5) is 26.7. The third kappa shape index (κ3) is 6.91. The van der Waals surface area contributed by atoms with Crippen LogP contribution in [-0.4, -0.2) is 35.6 Å². The van der Waals surface area contributed by atoms with E-state index in [0.29, 0.717) is 43.1 Å². The molecule has 0 radical (unpaired) electrons. The number of amides is 2. The Bertz CT molecular complexity index is 973. The number of nitrogens with zero attached hydrogens (tertiary/aromatic N) is 1. The molecule has 3 rings (SSSR count). The van der Waals surface area contributed by atoms with Gasteiger partial charge in [-0.05, 0) is 70.0 Å². The van der Waals surface area contributed by atoms with Crippen LogP contribution in [0.5, 0.6) is 11.5 Å². The first-order valence-corrected chi connectivity index (χ1v) is 11.0. The number of para-hydroxylation sites is 2. The topological polar surface area (TPSA) is 67.9 Å². The van der Waals surface area contributed by atoms with Gasteiger partial charge in [0.15, 0.2) is 5.75 Å². The van der Waals surface area contributed by atoms with Crippen LogP contribution in [0.25, 0.3) is 0 Å². The summed E-state index contributed by atoms with van der Waals surface area (Å²) in [6, 6.07) is 12.5. The highest BCUT2D eigenvalue weighted by atomic mass is 19.3. The van der Waals surface area contributed by atoms with E-state index in [-0.39, 0.29) is 23.5 Å². The van der Waals surface area contributed by atoms with Crippen molar-refractivity contribution in [2.75, 3.05) is 18.4 Å². The summed E-state index contributed by atoms with van der Waals surface area (Å²) in [5, 5.41) is 2.90. The molecule has 2 amide bonds. The highest BCUT2D eigenvalue weighted by Crippen LogP contribution is 2.33. The van der Waals surface area contributed by atoms with E-state index in [9.17, 15) is 18.4 Å². The van der Waals surface area contributed by atoms with Gasteiger partial charge in [-0.15, -0.1) is 0 Å². The molecule has 2 aromatic carbocycles. The maximum Gasteiger partial charge on any atom is 0.410 e. The van der Waals surface area contributed by atoms with E-state index in [4.69, 9.17) is 9.47 Å². The van der Waals surface area contributed by atoms with E-state index in [1.807, 2.05) is 20.8 Å². The number of hydrogen-bond donors (Lipinski definition) is 1. The number of nitrogens with one attached hydrogen (secondary N) is 1. The number of ether oxygens (including phenoxy) is 2. The van der Waals surface area contributed by atoms with Gasteiger partial charge in [-0.3, -0.25) is 4.79 Å². The number of alkyl halides is 2. The number of carbonyl (C=O) groups excluding carboxylic acids is 2. The summed E-state index contributed by atoms with van der Waals surface area (Å²) in [7, 11) is 0. The lowest BCUT2D eigenvalue weighted by molar-refractivity contribution is -0.121. The lowest BCUT2D eigenvalue weighted by Gasteiger charge is -2.33. The predicted molar refractivity (Wildman–Crippen MR) is 122 cm³/mol. The predicted octanol–water partition coefficient (Wildman–Crippen LogP) is 6.18. The number of hydrogen-bond acceptors (Lipinski definition) is 4. The maximum atomic E-state index is 13.4. The summed E-state index contributed by atoms with van der Waals surface area (Å²) >= 11 is 0. The minimum Gasteiger partial charge on any atom is -0.455 e. The average molecular weight is 461 g/mol. The zero-order chi connectivity index (χ0) is 24.2. The molecule has 8 heteroatoms. The Balaban J connectivity index is 1.60. The summed E-state index contributed by atoms with van der Waals surface area (Å²) in [5.74, 6) is -2.54. The number of halogens is 2. The fraction of sp³-hybridized carbons (Fsp3) is 0.440. The summed E-state index contributed by atoms with van der Waals surface area (Å²) in [6.07, 6.45) is 0.689. The van der Waals surface area contributed by atoms with Crippen molar-refractivity contribution in [3.05, 3.63) is 54.1 Å². The molecule has 33 heavy (non-hydrogen) atoms. The van der Waals surface area contributed by atoms with E-state index < -0.39 is 11.5 Å². The van der Waals surface area contributed by atoms with Gasteiger partial charge < -0.3 is 19.7 Å². The van der Waals surface area contributed by atoms with E-state index in [1.54, 1.807) is 29.2 Å². The number of likely N-dealkylation sites (tertiary alicyclic amines) is 1. The highest BCUT2D eigenvalue weighted by Gasteiger charge is 2.30. The third-order valence-electron chi connectivity index (χ3n) is 5.25. The van der Waals surface area contributed by atoms with E-state index in [0.717, 1.165) is 6.92 Å². The van der Waals surface area contributed by atoms with E-state index in [1.165, 1.54) is 24.3 Å². The van der Waals surface area contributed by atoms with Crippen molar-refractivity contribution in [2.45, 2.75) is 52.1 Å². The lowest BCUT2D eigenvalue weighted by Crippen LogP contribution is -2.43. The van der Waals surface area contributed by atoms with Gasteiger partial charge in [-0.25, -0.2) is 13.6 Å². The van der Waals surface area contributed by atoms with E-state index >= 15 is 0 Å². The van der Waals surface area contributed by atoms with Crippen molar-refractivity contribution < 1.29 is 27.8 Å². The average Bonchev–Trinajstić information content (AvgIpc) is 2.74. The Hall–Kier alpha value is -3.16. The number of rotatable bonds is 5. The Morgan fingerprint density at radius 3 is 2.15 bits per heavy atom. The molecule has 1 N–H and O–H groups in total. The molecule has 1 aliphatic rings. The minimum atomic E-state index is -2.93. The molecular formula is C25H30F2N2O4. The smallest absolute Gasteiger partial charge is 0.410 e. The van der Waals surface area contributed by atoms with Crippen LogP contribution in [0.2, 0.25) is 0 Å². The number of anilines is 1. The second kappa shape index (κ2) is 9.77. The van der Waals surface area contributed by atoms with Gasteiger partial charge in [-0.2, -0.15) is 0 Å². The van der Waals surface area contributed by atoms with Crippen LogP contribution in [0, 0.1) is 5.92 Å². The first-order chi connectivity index (χ1) is 15.4. The van der Waals surface area contributed by atoms with Crippen molar-refractivity contribution in [1.82, 2.24) is 4.90 Å². The van der Waals surface area contributed by atoms with Crippen LogP contribution >= 0.6 is 0 Å². The highest BCUT2D eigenvalue weighted by molar-refractivity contribution is 5.94. The van der Waals surface area contributed by atoms with Crippen LogP contribution in [0.4, 0.5) is 19.3 Å². The molecule has 1 aliphatic heterocycles. The van der Waals surface area contributed by atoms with Gasteiger partial charge in [0.1, 0.15) is 11.4 Å². The molecule has 2 aromatic rings. The van der Waals surface area contributed by atoms with Gasteiger partial charge in [0.05, 0.1) is 5.69 Å². The Morgan fingerprint density at radius 1 is 0.970 bits per heavy atom. The molecule has 1 fully saturated rings. The summed E-state index contributed by atoms with van der Waals surface area (Å²) in [6.45, 7) is 7.18. The van der Waals surface area contributed by atoms with Gasteiger partial charge in [0.25, 0.3) is 5.92 Å². The fourth-order valence-corrected chi connectivity index (χ4v) is 3.49. The van der Waals surface area contributed by atoms with Crippen LogP contribution in [0.3, 0.4) is 0 Å². The molecular weight excluding hydrogens is 430 g/mol. The molecule has 0 bridgehead atoms. The maximum absolute atomic E-state index is 13.4. The summed E-state index contributed by atoms with van der Waals surface area (Å²) < 4.78 is 38.1. The quantitative estimate of drug-likeness (QED) is 0.579. The molecule has 0 saturated carbocycles.